The van der Waals surface area contributed by atoms with Crippen molar-refractivity contribution in [1.82, 2.24) is 9.97 Å². The molecule has 1 unspecified atom stereocenters. The predicted molar refractivity (Wildman–Crippen MR) is 147 cm³/mol. The molecule has 0 saturated carbocycles. The number of ether oxygens (including phenoxy) is 3. The number of benzene rings is 1. The van der Waals surface area contributed by atoms with Crippen LogP contribution < -0.4 is 5.32 Å². The molecule has 2 aromatic rings. The third-order valence-electron chi connectivity index (χ3n) is 9.06. The van der Waals surface area contributed by atoms with Crippen molar-refractivity contribution >= 4 is 17.2 Å². The van der Waals surface area contributed by atoms with Crippen LogP contribution in [-0.2, 0) is 14.2 Å². The summed E-state index contributed by atoms with van der Waals surface area (Å²) in [6.07, 6.45) is 8.19. The molecular weight excluding hydrogens is 492 g/mol. The van der Waals surface area contributed by atoms with E-state index >= 15 is 0 Å². The Morgan fingerprint density at radius 2 is 1.79 bits per heavy atom. The molecule has 39 heavy (non-hydrogen) atoms. The number of anilines is 1. The number of carbonyl (C=O) groups excluding carboxylic acids is 1. The van der Waals surface area contributed by atoms with Crippen molar-refractivity contribution in [3.8, 4) is 6.07 Å². The van der Waals surface area contributed by atoms with Crippen LogP contribution in [-0.4, -0.2) is 45.1 Å². The first-order chi connectivity index (χ1) is 18.3. The Morgan fingerprint density at radius 3 is 2.38 bits per heavy atom. The van der Waals surface area contributed by atoms with Crippen molar-refractivity contribution < 1.29 is 19.0 Å². The van der Waals surface area contributed by atoms with Crippen molar-refractivity contribution in [3.05, 3.63) is 53.1 Å². The number of nitrogens with one attached hydrogen (secondary N) is 2. The minimum Gasteiger partial charge on any atom is -0.363 e. The van der Waals surface area contributed by atoms with Crippen LogP contribution in [0.15, 0.2) is 30.5 Å². The van der Waals surface area contributed by atoms with Gasteiger partial charge in [0.1, 0.15) is 24.0 Å². The number of hydrogen-bond donors (Lipinski definition) is 2. The van der Waals surface area contributed by atoms with Crippen LogP contribution in [0.4, 0.5) is 5.69 Å². The lowest BCUT2D eigenvalue weighted by atomic mass is 9.75. The molecule has 0 spiro atoms. The summed E-state index contributed by atoms with van der Waals surface area (Å²) in [6, 6.07) is 8.37. The van der Waals surface area contributed by atoms with Gasteiger partial charge in [-0.2, -0.15) is 5.26 Å². The number of amides is 1. The van der Waals surface area contributed by atoms with Gasteiger partial charge in [-0.15, -0.1) is 0 Å². The molecule has 2 bridgehead atoms. The first-order valence-electron chi connectivity index (χ1n) is 14.0. The zero-order valence-corrected chi connectivity index (χ0v) is 23.7. The van der Waals surface area contributed by atoms with Crippen LogP contribution in [0.3, 0.4) is 0 Å². The smallest absolute Gasteiger partial charge is 0.291 e. The second kappa shape index (κ2) is 8.76. The van der Waals surface area contributed by atoms with Gasteiger partial charge in [-0.05, 0) is 94.4 Å². The molecule has 6 rings (SSSR count). The SMILES string of the molecule is CC1(C)CC=C(c2cc(C3C[C@@]4(C)O[C@@](C)(C3)[C@@H]3OC(C)(C)O[C@@H]34)ccc2NC(=O)c2ncc(C#N)[nH]2)CC1. The molecule has 1 aromatic heterocycles. The zero-order valence-electron chi connectivity index (χ0n) is 23.7. The van der Waals surface area contributed by atoms with Gasteiger partial charge in [0.25, 0.3) is 5.91 Å². The average molecular weight is 531 g/mol. The lowest BCUT2D eigenvalue weighted by Gasteiger charge is -2.43. The average Bonchev–Trinajstić information content (AvgIpc) is 3.52. The van der Waals surface area contributed by atoms with Crippen LogP contribution in [0.25, 0.3) is 5.57 Å². The minimum atomic E-state index is -0.606. The third-order valence-corrected chi connectivity index (χ3v) is 9.06. The van der Waals surface area contributed by atoms with Gasteiger partial charge in [-0.1, -0.05) is 26.0 Å². The van der Waals surface area contributed by atoms with Crippen LogP contribution in [0.2, 0.25) is 0 Å². The predicted octanol–water partition coefficient (Wildman–Crippen LogP) is 6.07. The molecule has 1 amide bonds. The summed E-state index contributed by atoms with van der Waals surface area (Å²) in [5.74, 6) is -0.583. The summed E-state index contributed by atoms with van der Waals surface area (Å²) in [4.78, 5) is 19.9. The van der Waals surface area contributed by atoms with Gasteiger partial charge in [-0.3, -0.25) is 4.79 Å². The number of nitriles is 1. The number of carbonyl (C=O) groups is 1. The van der Waals surface area contributed by atoms with E-state index in [2.05, 4.69) is 61.2 Å². The highest BCUT2D eigenvalue weighted by Crippen LogP contribution is 2.58. The van der Waals surface area contributed by atoms with Gasteiger partial charge < -0.3 is 24.5 Å². The fraction of sp³-hybridized carbons (Fsp3) is 0.581. The first-order valence-corrected chi connectivity index (χ1v) is 14.0. The Morgan fingerprint density at radius 1 is 1.10 bits per heavy atom. The number of imidazole rings is 1. The molecule has 8 heteroatoms. The Kier molecular flexibility index (Phi) is 5.89. The molecule has 3 fully saturated rings. The maximum atomic E-state index is 13.0. The zero-order chi connectivity index (χ0) is 27.8. The van der Waals surface area contributed by atoms with Crippen molar-refractivity contribution in [3.63, 3.8) is 0 Å². The highest BCUT2D eigenvalue weighted by atomic mass is 16.8. The molecule has 3 aliphatic heterocycles. The van der Waals surface area contributed by atoms with Gasteiger partial charge in [0.15, 0.2) is 11.6 Å². The fourth-order valence-corrected chi connectivity index (χ4v) is 7.09. The molecule has 1 aromatic carbocycles. The van der Waals surface area contributed by atoms with Crippen molar-refractivity contribution in [1.29, 1.82) is 5.26 Å². The van der Waals surface area contributed by atoms with Crippen molar-refractivity contribution in [2.24, 2.45) is 5.41 Å². The van der Waals surface area contributed by atoms with Crippen molar-refractivity contribution in [2.75, 3.05) is 5.32 Å². The van der Waals surface area contributed by atoms with E-state index in [0.29, 0.717) is 0 Å². The summed E-state index contributed by atoms with van der Waals surface area (Å²) in [6.45, 7) is 12.9. The van der Waals surface area contributed by atoms with E-state index in [1.807, 2.05) is 26.0 Å². The molecule has 206 valence electrons. The third kappa shape index (κ3) is 4.61. The summed E-state index contributed by atoms with van der Waals surface area (Å²) in [5.41, 5.74) is 3.93. The molecule has 2 N–H and O–H groups in total. The molecule has 4 aliphatic rings. The normalized spacial score (nSPS) is 34.2. The molecule has 3 saturated heterocycles. The number of H-pyrrole nitrogens is 1. The molecule has 4 heterocycles. The van der Waals surface area contributed by atoms with Crippen LogP contribution in [0.5, 0.6) is 0 Å². The van der Waals surface area contributed by atoms with E-state index in [9.17, 15) is 4.79 Å². The molecule has 8 nitrogen and oxygen atoms in total. The van der Waals surface area contributed by atoms with Crippen LogP contribution in [0, 0.1) is 16.7 Å². The summed E-state index contributed by atoms with van der Waals surface area (Å²) >= 11 is 0. The second-order valence-electron chi connectivity index (χ2n) is 13.4. The van der Waals surface area contributed by atoms with E-state index in [0.717, 1.165) is 43.4 Å². The van der Waals surface area contributed by atoms with E-state index in [4.69, 9.17) is 19.5 Å². The van der Waals surface area contributed by atoms with Crippen LogP contribution in [0.1, 0.15) is 107 Å². The summed E-state index contributed by atoms with van der Waals surface area (Å²) in [7, 11) is 0. The molecular formula is C31H38N4O4. The van der Waals surface area contributed by atoms with E-state index in [1.54, 1.807) is 0 Å². The van der Waals surface area contributed by atoms with E-state index in [1.165, 1.54) is 17.3 Å². The first kappa shape index (κ1) is 26.2. The topological polar surface area (TPSA) is 109 Å². The number of allylic oxidation sites excluding steroid dienone is 2. The summed E-state index contributed by atoms with van der Waals surface area (Å²) in [5, 5.41) is 12.2. The second-order valence-corrected chi connectivity index (χ2v) is 13.4. The number of aromatic amines is 1. The Bertz CT molecular complexity index is 1370. The van der Waals surface area contributed by atoms with Crippen molar-refractivity contribution in [2.45, 2.75) is 109 Å². The minimum absolute atomic E-state index is 0.101. The van der Waals surface area contributed by atoms with Gasteiger partial charge in [0.05, 0.1) is 17.4 Å². The highest BCUT2D eigenvalue weighted by Gasteiger charge is 2.68. The maximum absolute atomic E-state index is 13.0. The number of nitrogens with zero attached hydrogens (tertiary/aromatic N) is 2. The lowest BCUT2D eigenvalue weighted by Crippen LogP contribution is -2.46. The number of hydrogen-bond acceptors (Lipinski definition) is 6. The quantitative estimate of drug-likeness (QED) is 0.496. The van der Waals surface area contributed by atoms with Crippen LogP contribution >= 0.6 is 0 Å². The molecule has 5 atom stereocenters. The van der Waals surface area contributed by atoms with E-state index in [-0.39, 0.29) is 41.0 Å². The summed E-state index contributed by atoms with van der Waals surface area (Å²) < 4.78 is 19.4. The maximum Gasteiger partial charge on any atom is 0.291 e. The largest absolute Gasteiger partial charge is 0.363 e. The van der Waals surface area contributed by atoms with Gasteiger partial charge in [0.2, 0.25) is 0 Å². The standard InChI is InChI=1S/C31H38N4O4/c1-28(2)11-9-18(10-12-28)22-13-19(7-8-23(22)35-27(36)26-33-17-21(16-32)34-26)20-14-30(5)24-25(31(6,15-20)39-30)38-29(3,4)37-24/h7-9,13,17,20,24-25H,10-12,14-15H2,1-6H3,(H,33,34)(H,35,36)/t20?,24-,25+,30+,31-. The Labute approximate surface area is 230 Å². The fourth-order valence-electron chi connectivity index (χ4n) is 7.09. The van der Waals surface area contributed by atoms with E-state index < -0.39 is 17.0 Å². The monoisotopic (exact) mass is 530 g/mol. The number of fused-ring (bicyclic) bond motifs is 5. The molecule has 0 radical (unpaired) electrons. The van der Waals surface area contributed by atoms with Gasteiger partial charge >= 0.3 is 0 Å². The Balaban J connectivity index is 1.33. The lowest BCUT2D eigenvalue weighted by molar-refractivity contribution is -0.242. The highest BCUT2D eigenvalue weighted by molar-refractivity contribution is 6.03. The van der Waals surface area contributed by atoms with Gasteiger partial charge in [-0.25, -0.2) is 4.98 Å². The van der Waals surface area contributed by atoms with Gasteiger partial charge in [0, 0.05) is 11.3 Å². The Hall–Kier alpha value is -2.99. The number of aromatic nitrogens is 2. The number of rotatable bonds is 4. The molecule has 1 aliphatic carbocycles.